The summed E-state index contributed by atoms with van der Waals surface area (Å²) in [4.78, 5) is 3.57. The average molecular weight is 480 g/mol. The number of alkyl halides is 3. The van der Waals surface area contributed by atoms with Gasteiger partial charge in [-0.3, -0.25) is 4.98 Å². The smallest absolute Gasteiger partial charge is 0.347 e. The standard InChI is InChI=1S/C24H28F3N3O2S/c1-23(2,3)15-30-14-17(13-29-33(31,32)18-6-4-7-18)19-10-9-16(12-21(19)30)20-8-5-11-28-22(20)24(25,26)27/h5,8-12,14,18,29H,4,6-7,13,15H2,1-3H3. The number of nitrogens with zero attached hydrogens (tertiary/aromatic N) is 2. The molecule has 1 aliphatic carbocycles. The van der Waals surface area contributed by atoms with Gasteiger partial charge in [-0.25, -0.2) is 13.1 Å². The zero-order valence-electron chi connectivity index (χ0n) is 18.9. The van der Waals surface area contributed by atoms with E-state index >= 15 is 0 Å². The molecule has 1 saturated carbocycles. The Bertz CT molecular complexity index is 1270. The van der Waals surface area contributed by atoms with Gasteiger partial charge in [0, 0.05) is 41.9 Å². The van der Waals surface area contributed by atoms with E-state index in [4.69, 9.17) is 0 Å². The quantitative estimate of drug-likeness (QED) is 0.490. The van der Waals surface area contributed by atoms with Crippen molar-refractivity contribution in [3.05, 3.63) is 54.0 Å². The monoisotopic (exact) mass is 479 g/mol. The summed E-state index contributed by atoms with van der Waals surface area (Å²) in [5, 5.41) is 0.482. The molecule has 9 heteroatoms. The van der Waals surface area contributed by atoms with Crippen molar-refractivity contribution in [1.29, 1.82) is 0 Å². The van der Waals surface area contributed by atoms with Crippen LogP contribution in [-0.4, -0.2) is 23.2 Å². The molecule has 178 valence electrons. The Hall–Kier alpha value is -2.39. The van der Waals surface area contributed by atoms with Gasteiger partial charge >= 0.3 is 6.18 Å². The lowest BCUT2D eigenvalue weighted by molar-refractivity contribution is -0.140. The molecular weight excluding hydrogens is 451 g/mol. The Labute approximate surface area is 192 Å². The number of nitrogens with one attached hydrogen (secondary N) is 1. The highest BCUT2D eigenvalue weighted by Crippen LogP contribution is 2.37. The Morgan fingerprint density at radius 1 is 1.15 bits per heavy atom. The van der Waals surface area contributed by atoms with Crippen LogP contribution < -0.4 is 4.72 Å². The lowest BCUT2D eigenvalue weighted by Crippen LogP contribution is -2.38. The summed E-state index contributed by atoms with van der Waals surface area (Å²) in [5.74, 6) is 0. The maximum absolute atomic E-state index is 13.5. The molecule has 1 fully saturated rings. The van der Waals surface area contributed by atoms with Crippen molar-refractivity contribution >= 4 is 20.9 Å². The minimum Gasteiger partial charge on any atom is -0.347 e. The molecule has 1 aromatic carbocycles. The maximum Gasteiger partial charge on any atom is 0.433 e. The number of hydrogen-bond acceptors (Lipinski definition) is 3. The second-order valence-electron chi connectivity index (χ2n) is 9.89. The third kappa shape index (κ3) is 5.09. The highest BCUT2D eigenvalue weighted by atomic mass is 32.2. The van der Waals surface area contributed by atoms with Crippen molar-refractivity contribution in [3.8, 4) is 11.1 Å². The second kappa shape index (κ2) is 8.43. The topological polar surface area (TPSA) is 64.0 Å². The van der Waals surface area contributed by atoms with Crippen LogP contribution in [0.15, 0.2) is 42.7 Å². The van der Waals surface area contributed by atoms with Gasteiger partial charge in [-0.05, 0) is 41.5 Å². The zero-order chi connectivity index (χ0) is 24.0. The van der Waals surface area contributed by atoms with Crippen molar-refractivity contribution in [1.82, 2.24) is 14.3 Å². The van der Waals surface area contributed by atoms with E-state index in [-0.39, 0.29) is 22.8 Å². The molecule has 4 rings (SSSR count). The predicted octanol–water partition coefficient (Wildman–Crippen LogP) is 5.74. The van der Waals surface area contributed by atoms with E-state index in [2.05, 4.69) is 30.5 Å². The van der Waals surface area contributed by atoms with Crippen molar-refractivity contribution in [2.45, 2.75) is 64.5 Å². The lowest BCUT2D eigenvalue weighted by atomic mass is 9.96. The Balaban J connectivity index is 1.76. The van der Waals surface area contributed by atoms with Gasteiger partial charge in [0.05, 0.1) is 5.25 Å². The molecule has 0 aliphatic heterocycles. The molecule has 0 unspecified atom stereocenters. The first-order valence-electron chi connectivity index (χ1n) is 11.0. The minimum atomic E-state index is -4.57. The summed E-state index contributed by atoms with van der Waals surface area (Å²) >= 11 is 0. The number of fused-ring (bicyclic) bond motifs is 1. The first-order chi connectivity index (χ1) is 15.4. The molecule has 0 bridgehead atoms. The fourth-order valence-corrected chi connectivity index (χ4v) is 5.71. The van der Waals surface area contributed by atoms with Crippen LogP contribution in [0.4, 0.5) is 13.2 Å². The van der Waals surface area contributed by atoms with Gasteiger partial charge in [0.25, 0.3) is 0 Å². The third-order valence-corrected chi connectivity index (χ3v) is 7.85. The molecular formula is C24H28F3N3O2S. The molecule has 0 atom stereocenters. The van der Waals surface area contributed by atoms with Crippen molar-refractivity contribution in [2.75, 3.05) is 0 Å². The Morgan fingerprint density at radius 2 is 1.88 bits per heavy atom. The van der Waals surface area contributed by atoms with Crippen molar-refractivity contribution in [2.24, 2.45) is 5.41 Å². The third-order valence-electron chi connectivity index (χ3n) is 5.95. The number of benzene rings is 1. The number of rotatable bonds is 6. The molecule has 1 N–H and O–H groups in total. The van der Waals surface area contributed by atoms with Crippen LogP contribution in [0.25, 0.3) is 22.0 Å². The van der Waals surface area contributed by atoms with Crippen LogP contribution in [0.3, 0.4) is 0 Å². The first kappa shape index (κ1) is 23.8. The van der Waals surface area contributed by atoms with Gasteiger partial charge < -0.3 is 4.57 Å². The van der Waals surface area contributed by atoms with E-state index in [1.807, 2.05) is 10.8 Å². The first-order valence-corrected chi connectivity index (χ1v) is 12.5. The summed E-state index contributed by atoms with van der Waals surface area (Å²) in [6, 6.07) is 8.05. The number of sulfonamides is 1. The summed E-state index contributed by atoms with van der Waals surface area (Å²) in [6.45, 7) is 6.99. The number of hydrogen-bond donors (Lipinski definition) is 1. The van der Waals surface area contributed by atoms with E-state index in [9.17, 15) is 21.6 Å². The van der Waals surface area contributed by atoms with E-state index in [1.54, 1.807) is 18.2 Å². The van der Waals surface area contributed by atoms with E-state index in [1.165, 1.54) is 12.1 Å². The van der Waals surface area contributed by atoms with Crippen LogP contribution in [0.5, 0.6) is 0 Å². The molecule has 5 nitrogen and oxygen atoms in total. The molecule has 0 amide bonds. The molecule has 3 aromatic rings. The van der Waals surface area contributed by atoms with Gasteiger partial charge in [0.15, 0.2) is 5.69 Å². The maximum atomic E-state index is 13.5. The van der Waals surface area contributed by atoms with Gasteiger partial charge in [-0.1, -0.05) is 45.4 Å². The molecule has 1 aliphatic rings. The second-order valence-corrected chi connectivity index (χ2v) is 11.9. The van der Waals surface area contributed by atoms with Crippen LogP contribution >= 0.6 is 0 Å². The summed E-state index contributed by atoms with van der Waals surface area (Å²) < 4.78 is 70.3. The number of aromatic nitrogens is 2. The van der Waals surface area contributed by atoms with Gasteiger partial charge in [0.1, 0.15) is 0 Å². The van der Waals surface area contributed by atoms with Crippen LogP contribution in [-0.2, 0) is 29.3 Å². The molecule has 2 aromatic heterocycles. The normalized spacial score (nSPS) is 15.7. The van der Waals surface area contributed by atoms with Crippen molar-refractivity contribution in [3.63, 3.8) is 0 Å². The molecule has 33 heavy (non-hydrogen) atoms. The van der Waals surface area contributed by atoms with Crippen LogP contribution in [0.1, 0.15) is 51.3 Å². The highest BCUT2D eigenvalue weighted by molar-refractivity contribution is 7.90. The highest BCUT2D eigenvalue weighted by Gasteiger charge is 2.35. The molecule has 0 saturated heterocycles. The predicted molar refractivity (Wildman–Crippen MR) is 123 cm³/mol. The van der Waals surface area contributed by atoms with Gasteiger partial charge in [-0.2, -0.15) is 13.2 Å². The summed E-state index contributed by atoms with van der Waals surface area (Å²) in [6.07, 6.45) is 0.752. The largest absolute Gasteiger partial charge is 0.433 e. The van der Waals surface area contributed by atoms with Gasteiger partial charge in [-0.15, -0.1) is 0 Å². The lowest BCUT2D eigenvalue weighted by Gasteiger charge is -2.25. The van der Waals surface area contributed by atoms with Crippen LogP contribution in [0, 0.1) is 5.41 Å². The fraction of sp³-hybridized carbons (Fsp3) is 0.458. The fourth-order valence-electron chi connectivity index (χ4n) is 4.16. The van der Waals surface area contributed by atoms with E-state index < -0.39 is 21.9 Å². The minimum absolute atomic E-state index is 0.0163. The number of halogens is 3. The summed E-state index contributed by atoms with van der Waals surface area (Å²) in [7, 11) is -3.38. The Morgan fingerprint density at radius 3 is 2.48 bits per heavy atom. The average Bonchev–Trinajstić information content (AvgIpc) is 2.99. The van der Waals surface area contributed by atoms with E-state index in [0.717, 1.165) is 29.1 Å². The molecule has 2 heterocycles. The van der Waals surface area contributed by atoms with Crippen molar-refractivity contribution < 1.29 is 21.6 Å². The summed E-state index contributed by atoms with van der Waals surface area (Å²) in [5.41, 5.74) is 0.978. The van der Waals surface area contributed by atoms with Gasteiger partial charge in [0.2, 0.25) is 10.0 Å². The SMILES string of the molecule is CC(C)(C)Cn1cc(CNS(=O)(=O)C2CCC2)c2ccc(-c3cccnc3C(F)(F)F)cc21. The van der Waals surface area contributed by atoms with E-state index in [0.29, 0.717) is 24.9 Å². The zero-order valence-corrected chi connectivity index (χ0v) is 19.7. The Kier molecular flexibility index (Phi) is 6.07. The van der Waals surface area contributed by atoms with Crippen LogP contribution in [0.2, 0.25) is 0 Å². The molecule has 0 spiro atoms. The number of pyridine rings is 1. The molecule has 0 radical (unpaired) electrons.